The maximum absolute atomic E-state index is 12.4. The van der Waals surface area contributed by atoms with Gasteiger partial charge in [-0.05, 0) is 55.7 Å². The van der Waals surface area contributed by atoms with Gasteiger partial charge in [0.15, 0.2) is 0 Å². The Balaban J connectivity index is 1.05. The van der Waals surface area contributed by atoms with E-state index in [1.807, 2.05) is 12.1 Å². The van der Waals surface area contributed by atoms with Crippen LogP contribution >= 0.6 is 0 Å². The number of carbonyl (C=O) groups is 4. The molecule has 41 heavy (non-hydrogen) atoms. The third kappa shape index (κ3) is 8.26. The molecule has 4 amide bonds. The van der Waals surface area contributed by atoms with Crippen LogP contribution in [0.3, 0.4) is 0 Å². The van der Waals surface area contributed by atoms with Crippen molar-refractivity contribution in [3.8, 4) is 0 Å². The van der Waals surface area contributed by atoms with Gasteiger partial charge in [-0.15, -0.1) is 0 Å². The summed E-state index contributed by atoms with van der Waals surface area (Å²) in [7, 11) is 0. The first-order chi connectivity index (χ1) is 19.8. The lowest BCUT2D eigenvalue weighted by atomic mass is 10.1. The lowest BCUT2D eigenvalue weighted by Gasteiger charge is -2.35. The highest BCUT2D eigenvalue weighted by molar-refractivity contribution is 5.94. The molecule has 12 nitrogen and oxygen atoms in total. The van der Waals surface area contributed by atoms with Crippen molar-refractivity contribution >= 4 is 35.4 Å². The molecule has 2 saturated heterocycles. The minimum absolute atomic E-state index is 0.312. The zero-order chi connectivity index (χ0) is 29.2. The Morgan fingerprint density at radius 3 is 1.34 bits per heavy atom. The first-order valence-corrected chi connectivity index (χ1v) is 13.9. The lowest BCUT2D eigenvalue weighted by Crippen LogP contribution is -2.49. The van der Waals surface area contributed by atoms with Gasteiger partial charge in [0.05, 0.1) is 13.2 Å². The van der Waals surface area contributed by atoms with Crippen molar-refractivity contribution in [1.29, 1.82) is 0 Å². The highest BCUT2D eigenvalue weighted by Gasteiger charge is 2.24. The zero-order valence-electron chi connectivity index (χ0n) is 23.2. The molecule has 4 rings (SSSR count). The molecule has 2 aliphatic rings. The number of rotatable bonds is 10. The Labute approximate surface area is 239 Å². The second-order valence-electron chi connectivity index (χ2n) is 10.1. The van der Waals surface area contributed by atoms with E-state index in [4.69, 9.17) is 20.9 Å². The lowest BCUT2D eigenvalue weighted by molar-refractivity contribution is 0.0927. The number of ether oxygens (including phenoxy) is 2. The van der Waals surface area contributed by atoms with Gasteiger partial charge in [-0.25, -0.2) is 9.59 Å². The Kier molecular flexibility index (Phi) is 10.2. The van der Waals surface area contributed by atoms with Gasteiger partial charge < -0.3 is 40.5 Å². The van der Waals surface area contributed by atoms with Crippen LogP contribution < -0.4 is 21.3 Å². The number of carbonyl (C=O) groups excluding carboxylic acids is 4. The van der Waals surface area contributed by atoms with Gasteiger partial charge >= 0.3 is 12.2 Å². The maximum Gasteiger partial charge on any atom is 0.409 e. The molecule has 2 aliphatic heterocycles. The smallest absolute Gasteiger partial charge is 0.409 e. The van der Waals surface area contributed by atoms with Crippen LogP contribution in [0.1, 0.15) is 40.0 Å². The van der Waals surface area contributed by atoms with E-state index in [9.17, 15) is 19.2 Å². The molecular weight excluding hydrogens is 528 g/mol. The fraction of sp³-hybridized carbons (Fsp3) is 0.448. The van der Waals surface area contributed by atoms with Crippen molar-refractivity contribution < 1.29 is 28.7 Å². The van der Waals surface area contributed by atoms with Crippen molar-refractivity contribution in [2.75, 3.05) is 75.4 Å². The number of primary amides is 2. The highest BCUT2D eigenvalue weighted by atomic mass is 16.6. The number of hydrogen-bond acceptors (Lipinski definition) is 8. The van der Waals surface area contributed by atoms with Crippen LogP contribution in [-0.4, -0.2) is 99.4 Å². The third-order valence-electron chi connectivity index (χ3n) is 7.31. The van der Waals surface area contributed by atoms with Crippen LogP contribution in [0.2, 0.25) is 0 Å². The van der Waals surface area contributed by atoms with Gasteiger partial charge in [0.25, 0.3) is 0 Å². The van der Waals surface area contributed by atoms with Gasteiger partial charge in [0, 0.05) is 74.9 Å². The standard InChI is InChI=1S/C29H38N6O6/c30-26(36)22-6-4-8-24(20-22)32-10-14-34(15-11-32)28(38)40-18-2-1-3-19-41-29(39)35-16-12-33(13-17-35)25-9-5-7-23(21-25)27(31)37/h4-9,20-21H,1-3,10-19H2,(H2,30,36)(H2,31,37). The first kappa shape index (κ1) is 29.5. The topological polar surface area (TPSA) is 152 Å². The van der Waals surface area contributed by atoms with Gasteiger partial charge in [-0.1, -0.05) is 12.1 Å². The average molecular weight is 567 g/mol. The van der Waals surface area contributed by atoms with E-state index in [1.54, 1.807) is 46.2 Å². The minimum atomic E-state index is -0.465. The Bertz CT molecular complexity index is 1130. The van der Waals surface area contributed by atoms with E-state index in [0.29, 0.717) is 89.5 Å². The molecular formula is C29H38N6O6. The van der Waals surface area contributed by atoms with Crippen LogP contribution in [-0.2, 0) is 9.47 Å². The van der Waals surface area contributed by atoms with Crippen LogP contribution in [0.4, 0.5) is 21.0 Å². The average Bonchev–Trinajstić information content (AvgIpc) is 3.00. The van der Waals surface area contributed by atoms with E-state index in [2.05, 4.69) is 9.80 Å². The van der Waals surface area contributed by atoms with Crippen molar-refractivity contribution in [1.82, 2.24) is 9.80 Å². The molecule has 0 saturated carbocycles. The molecule has 2 heterocycles. The molecule has 0 aliphatic carbocycles. The number of nitrogens with two attached hydrogens (primary N) is 2. The van der Waals surface area contributed by atoms with Crippen LogP contribution in [0, 0.1) is 0 Å². The molecule has 0 aromatic heterocycles. The van der Waals surface area contributed by atoms with Crippen molar-refractivity contribution in [2.24, 2.45) is 11.5 Å². The summed E-state index contributed by atoms with van der Waals surface area (Å²) in [5.74, 6) is -0.929. The monoisotopic (exact) mass is 566 g/mol. The predicted molar refractivity (Wildman–Crippen MR) is 154 cm³/mol. The molecule has 0 radical (unpaired) electrons. The molecule has 0 unspecified atom stereocenters. The number of benzene rings is 2. The molecule has 220 valence electrons. The van der Waals surface area contributed by atoms with E-state index in [0.717, 1.165) is 17.8 Å². The summed E-state index contributed by atoms with van der Waals surface area (Å²) in [5, 5.41) is 0. The van der Waals surface area contributed by atoms with Gasteiger partial charge in [0.1, 0.15) is 0 Å². The molecule has 0 bridgehead atoms. The molecule has 0 spiro atoms. The van der Waals surface area contributed by atoms with E-state index in [-0.39, 0.29) is 12.2 Å². The van der Waals surface area contributed by atoms with Crippen molar-refractivity contribution in [3.05, 3.63) is 59.7 Å². The van der Waals surface area contributed by atoms with E-state index in [1.165, 1.54) is 0 Å². The SMILES string of the molecule is NC(=O)c1cccc(N2CCN(C(=O)OCCCCCOC(=O)N3CCN(c4cccc(C(N)=O)c4)CC3)CC2)c1. The number of anilines is 2. The third-order valence-corrected chi connectivity index (χ3v) is 7.31. The summed E-state index contributed by atoms with van der Waals surface area (Å²) in [4.78, 5) is 55.3. The zero-order valence-corrected chi connectivity index (χ0v) is 23.2. The van der Waals surface area contributed by atoms with Gasteiger partial charge in [-0.2, -0.15) is 0 Å². The highest BCUT2D eigenvalue weighted by Crippen LogP contribution is 2.20. The van der Waals surface area contributed by atoms with Crippen LogP contribution in [0.15, 0.2) is 48.5 Å². The first-order valence-electron chi connectivity index (χ1n) is 13.9. The van der Waals surface area contributed by atoms with Gasteiger partial charge in [0.2, 0.25) is 11.8 Å². The summed E-state index contributed by atoms with van der Waals surface area (Å²) in [5.41, 5.74) is 13.5. The number of nitrogens with zero attached hydrogens (tertiary/aromatic N) is 4. The molecule has 4 N–H and O–H groups in total. The molecule has 12 heteroatoms. The number of amides is 4. The molecule has 2 fully saturated rings. The maximum atomic E-state index is 12.4. The Hall–Kier alpha value is -4.48. The number of hydrogen-bond donors (Lipinski definition) is 2. The summed E-state index contributed by atoms with van der Waals surface area (Å²) in [6, 6.07) is 14.3. The van der Waals surface area contributed by atoms with Gasteiger partial charge in [-0.3, -0.25) is 9.59 Å². The summed E-state index contributed by atoms with van der Waals surface area (Å²) >= 11 is 0. The fourth-order valence-corrected chi connectivity index (χ4v) is 4.89. The quantitative estimate of drug-likeness (QED) is 0.416. The van der Waals surface area contributed by atoms with Crippen molar-refractivity contribution in [3.63, 3.8) is 0 Å². The normalized spacial score (nSPS) is 15.4. The van der Waals surface area contributed by atoms with E-state index >= 15 is 0 Å². The summed E-state index contributed by atoms with van der Waals surface area (Å²) in [6.07, 6.45) is 1.48. The molecule has 2 aromatic carbocycles. The second-order valence-corrected chi connectivity index (χ2v) is 10.1. The Morgan fingerprint density at radius 1 is 0.585 bits per heavy atom. The van der Waals surface area contributed by atoms with Crippen LogP contribution in [0.25, 0.3) is 0 Å². The molecule has 0 atom stereocenters. The summed E-state index contributed by atoms with van der Waals surface area (Å²) < 4.78 is 10.8. The Morgan fingerprint density at radius 2 is 0.976 bits per heavy atom. The predicted octanol–water partition coefficient (Wildman–Crippen LogP) is 2.27. The fourth-order valence-electron chi connectivity index (χ4n) is 4.89. The summed E-state index contributed by atoms with van der Waals surface area (Å²) in [6.45, 7) is 5.31. The van der Waals surface area contributed by atoms with Crippen molar-refractivity contribution in [2.45, 2.75) is 19.3 Å². The molecule has 2 aromatic rings. The number of unbranched alkanes of at least 4 members (excludes halogenated alkanes) is 2. The van der Waals surface area contributed by atoms with Crippen LogP contribution in [0.5, 0.6) is 0 Å². The minimum Gasteiger partial charge on any atom is -0.449 e. The number of piperazine rings is 2. The van der Waals surface area contributed by atoms with E-state index < -0.39 is 11.8 Å². The largest absolute Gasteiger partial charge is 0.449 e. The second kappa shape index (κ2) is 14.2.